The standard InChI is InChI=1S/C13H16O5S/c1-10(2)13(14)17-9-11(3)18-19(15,16)12-7-5-4-6-8-12/h4-8,11H,1,9H2,2-3H3. The fourth-order valence-corrected chi connectivity index (χ4v) is 2.29. The molecule has 0 saturated heterocycles. The fourth-order valence-electron chi connectivity index (χ4n) is 1.20. The zero-order chi connectivity index (χ0) is 14.5. The van der Waals surface area contributed by atoms with Crippen molar-refractivity contribution in [3.8, 4) is 0 Å². The maximum atomic E-state index is 11.8. The minimum atomic E-state index is -3.84. The van der Waals surface area contributed by atoms with Gasteiger partial charge in [-0.25, -0.2) is 4.79 Å². The van der Waals surface area contributed by atoms with E-state index in [0.29, 0.717) is 0 Å². The normalized spacial score (nSPS) is 12.7. The van der Waals surface area contributed by atoms with Gasteiger partial charge in [0.15, 0.2) is 0 Å². The molecule has 0 radical (unpaired) electrons. The summed E-state index contributed by atoms with van der Waals surface area (Å²) in [6.45, 7) is 6.28. The van der Waals surface area contributed by atoms with Crippen LogP contribution in [-0.4, -0.2) is 27.1 Å². The molecule has 0 heterocycles. The summed E-state index contributed by atoms with van der Waals surface area (Å²) in [6, 6.07) is 7.77. The summed E-state index contributed by atoms with van der Waals surface area (Å²) in [5.41, 5.74) is 0.248. The molecule has 0 aromatic heterocycles. The molecule has 1 aromatic rings. The van der Waals surface area contributed by atoms with Crippen LogP contribution in [0.4, 0.5) is 0 Å². The van der Waals surface area contributed by atoms with E-state index in [9.17, 15) is 13.2 Å². The minimum Gasteiger partial charge on any atom is -0.460 e. The summed E-state index contributed by atoms with van der Waals surface area (Å²) >= 11 is 0. The second kappa shape index (κ2) is 6.49. The maximum Gasteiger partial charge on any atom is 0.333 e. The molecule has 104 valence electrons. The molecular weight excluding hydrogens is 268 g/mol. The van der Waals surface area contributed by atoms with Gasteiger partial charge in [0.05, 0.1) is 4.90 Å². The Hall–Kier alpha value is -1.66. The molecule has 1 aromatic carbocycles. The molecule has 0 aliphatic rings. The van der Waals surface area contributed by atoms with Crippen LogP contribution in [0.1, 0.15) is 13.8 Å². The van der Waals surface area contributed by atoms with Gasteiger partial charge in [-0.05, 0) is 26.0 Å². The van der Waals surface area contributed by atoms with Gasteiger partial charge in [-0.15, -0.1) is 0 Å². The van der Waals surface area contributed by atoms with Gasteiger partial charge in [-0.3, -0.25) is 4.18 Å². The van der Waals surface area contributed by atoms with Crippen LogP contribution < -0.4 is 0 Å². The highest BCUT2D eigenvalue weighted by molar-refractivity contribution is 7.86. The molecule has 1 unspecified atom stereocenters. The van der Waals surface area contributed by atoms with E-state index < -0.39 is 22.2 Å². The highest BCUT2D eigenvalue weighted by Gasteiger charge is 2.19. The Kier molecular flexibility index (Phi) is 5.26. The summed E-state index contributed by atoms with van der Waals surface area (Å²) in [6.07, 6.45) is -0.770. The monoisotopic (exact) mass is 284 g/mol. The molecule has 1 rings (SSSR count). The first-order valence-corrected chi connectivity index (χ1v) is 7.04. The summed E-state index contributed by atoms with van der Waals surface area (Å²) in [5.74, 6) is -0.576. The van der Waals surface area contributed by atoms with Crippen LogP contribution in [0.25, 0.3) is 0 Å². The van der Waals surface area contributed by atoms with E-state index in [2.05, 4.69) is 6.58 Å². The van der Waals surface area contributed by atoms with Crippen LogP contribution in [0.2, 0.25) is 0 Å². The van der Waals surface area contributed by atoms with Crippen molar-refractivity contribution in [2.24, 2.45) is 0 Å². The van der Waals surface area contributed by atoms with Gasteiger partial charge in [-0.2, -0.15) is 8.42 Å². The molecule has 0 aliphatic carbocycles. The molecule has 0 spiro atoms. The first-order valence-electron chi connectivity index (χ1n) is 5.64. The van der Waals surface area contributed by atoms with Crippen LogP contribution >= 0.6 is 0 Å². The first kappa shape index (κ1) is 15.4. The van der Waals surface area contributed by atoms with Crippen molar-refractivity contribution >= 4 is 16.1 Å². The van der Waals surface area contributed by atoms with Crippen LogP contribution in [0.3, 0.4) is 0 Å². The quantitative estimate of drug-likeness (QED) is 0.453. The Morgan fingerprint density at radius 3 is 2.42 bits per heavy atom. The van der Waals surface area contributed by atoms with E-state index in [-0.39, 0.29) is 17.1 Å². The van der Waals surface area contributed by atoms with Gasteiger partial charge in [0.25, 0.3) is 10.1 Å². The Bertz CT molecular complexity index is 548. The van der Waals surface area contributed by atoms with E-state index in [1.54, 1.807) is 18.2 Å². The topological polar surface area (TPSA) is 69.7 Å². The number of benzene rings is 1. The molecule has 0 N–H and O–H groups in total. The Morgan fingerprint density at radius 1 is 1.32 bits per heavy atom. The first-order chi connectivity index (χ1) is 8.83. The SMILES string of the molecule is C=C(C)C(=O)OCC(C)OS(=O)(=O)c1ccccc1. The van der Waals surface area contributed by atoms with E-state index in [0.717, 1.165) is 0 Å². The average Bonchev–Trinajstić information content (AvgIpc) is 2.36. The minimum absolute atomic E-state index is 0.0630. The highest BCUT2D eigenvalue weighted by Crippen LogP contribution is 2.13. The number of esters is 1. The number of hydrogen-bond acceptors (Lipinski definition) is 5. The van der Waals surface area contributed by atoms with Crippen LogP contribution in [0.15, 0.2) is 47.4 Å². The molecular formula is C13H16O5S. The molecule has 0 fully saturated rings. The molecule has 1 atom stereocenters. The third-order valence-corrected chi connectivity index (χ3v) is 3.55. The van der Waals surface area contributed by atoms with E-state index in [1.807, 2.05) is 0 Å². The Morgan fingerprint density at radius 2 is 1.89 bits per heavy atom. The number of rotatable bonds is 6. The predicted molar refractivity (Wildman–Crippen MR) is 69.9 cm³/mol. The summed E-state index contributed by atoms with van der Waals surface area (Å²) in [4.78, 5) is 11.2. The fraction of sp³-hybridized carbons (Fsp3) is 0.308. The average molecular weight is 284 g/mol. The summed E-state index contributed by atoms with van der Waals surface area (Å²) < 4.78 is 33.4. The smallest absolute Gasteiger partial charge is 0.333 e. The van der Waals surface area contributed by atoms with Crippen molar-refractivity contribution in [1.82, 2.24) is 0 Å². The number of carbonyl (C=O) groups excluding carboxylic acids is 1. The summed E-state index contributed by atoms with van der Waals surface area (Å²) in [7, 11) is -3.84. The number of carbonyl (C=O) groups is 1. The van der Waals surface area contributed by atoms with Crippen LogP contribution in [-0.2, 0) is 23.8 Å². The van der Waals surface area contributed by atoms with Crippen molar-refractivity contribution in [3.05, 3.63) is 42.5 Å². The van der Waals surface area contributed by atoms with E-state index >= 15 is 0 Å². The van der Waals surface area contributed by atoms with Crippen molar-refractivity contribution < 1.29 is 22.1 Å². The number of ether oxygens (including phenoxy) is 1. The van der Waals surface area contributed by atoms with Gasteiger partial charge in [0.1, 0.15) is 12.7 Å². The molecule has 19 heavy (non-hydrogen) atoms. The maximum absolute atomic E-state index is 11.8. The number of hydrogen-bond donors (Lipinski definition) is 0. The van der Waals surface area contributed by atoms with Gasteiger partial charge in [-0.1, -0.05) is 24.8 Å². The molecule has 0 bridgehead atoms. The highest BCUT2D eigenvalue weighted by atomic mass is 32.2. The van der Waals surface area contributed by atoms with Gasteiger partial charge in [0.2, 0.25) is 0 Å². The molecule has 5 nitrogen and oxygen atoms in total. The third kappa shape index (κ3) is 4.84. The van der Waals surface area contributed by atoms with Gasteiger partial charge < -0.3 is 4.74 Å². The third-order valence-electron chi connectivity index (χ3n) is 2.12. The van der Waals surface area contributed by atoms with Crippen molar-refractivity contribution in [2.75, 3.05) is 6.61 Å². The predicted octanol–water partition coefficient (Wildman–Crippen LogP) is 1.90. The zero-order valence-corrected chi connectivity index (χ0v) is 11.6. The lowest BCUT2D eigenvalue weighted by atomic mass is 10.3. The van der Waals surface area contributed by atoms with Crippen LogP contribution in [0, 0.1) is 0 Å². The lowest BCUT2D eigenvalue weighted by Crippen LogP contribution is -2.22. The zero-order valence-electron chi connectivity index (χ0n) is 10.8. The lowest BCUT2D eigenvalue weighted by Gasteiger charge is -2.13. The van der Waals surface area contributed by atoms with Crippen molar-refractivity contribution in [1.29, 1.82) is 0 Å². The molecule has 6 heteroatoms. The second-order valence-electron chi connectivity index (χ2n) is 4.05. The lowest BCUT2D eigenvalue weighted by molar-refractivity contribution is -0.141. The second-order valence-corrected chi connectivity index (χ2v) is 5.62. The Balaban J connectivity index is 2.60. The molecule has 0 aliphatic heterocycles. The molecule has 0 amide bonds. The Labute approximate surface area is 113 Å². The van der Waals surface area contributed by atoms with Gasteiger partial charge in [0, 0.05) is 5.57 Å². The molecule has 0 saturated carbocycles. The van der Waals surface area contributed by atoms with Crippen molar-refractivity contribution in [2.45, 2.75) is 24.8 Å². The van der Waals surface area contributed by atoms with Crippen molar-refractivity contribution in [3.63, 3.8) is 0 Å². The van der Waals surface area contributed by atoms with E-state index in [4.69, 9.17) is 8.92 Å². The summed E-state index contributed by atoms with van der Waals surface area (Å²) in [5, 5.41) is 0. The van der Waals surface area contributed by atoms with E-state index in [1.165, 1.54) is 26.0 Å². The van der Waals surface area contributed by atoms with Crippen LogP contribution in [0.5, 0.6) is 0 Å². The largest absolute Gasteiger partial charge is 0.460 e. The van der Waals surface area contributed by atoms with Gasteiger partial charge >= 0.3 is 5.97 Å².